The number of nitrogens with one attached hydrogen (secondary N) is 3. The van der Waals surface area contributed by atoms with Crippen molar-refractivity contribution in [2.24, 2.45) is 0 Å². The third kappa shape index (κ3) is 5.01. The first-order valence-corrected chi connectivity index (χ1v) is 13.8. The van der Waals surface area contributed by atoms with Crippen LogP contribution in [0.4, 0.5) is 10.1 Å². The minimum Gasteiger partial charge on any atom is -0.369 e. The van der Waals surface area contributed by atoms with Gasteiger partial charge in [-0.3, -0.25) is 4.79 Å². The summed E-state index contributed by atoms with van der Waals surface area (Å²) in [5.74, 6) is -0.611. The molecule has 1 fully saturated rings. The number of rotatable bonds is 5. The Morgan fingerprint density at radius 1 is 1.15 bits per heavy atom. The summed E-state index contributed by atoms with van der Waals surface area (Å²) < 4.78 is 21.0. The van der Waals surface area contributed by atoms with Crippen LogP contribution in [-0.4, -0.2) is 57.2 Å². The third-order valence-corrected chi connectivity index (χ3v) is 7.55. The van der Waals surface area contributed by atoms with E-state index in [0.29, 0.717) is 28.4 Å². The van der Waals surface area contributed by atoms with Crippen LogP contribution in [0.5, 0.6) is 0 Å². The Kier molecular flexibility index (Phi) is 6.69. The molecule has 0 spiro atoms. The van der Waals surface area contributed by atoms with Gasteiger partial charge in [0.25, 0.3) is 11.7 Å². The number of hydrogen-bond donors (Lipinski definition) is 3. The molecule has 1 aliphatic rings. The van der Waals surface area contributed by atoms with E-state index in [0.717, 1.165) is 53.7 Å². The van der Waals surface area contributed by atoms with Gasteiger partial charge in [0, 0.05) is 53.7 Å². The molecule has 0 bridgehead atoms. The van der Waals surface area contributed by atoms with Crippen molar-refractivity contribution in [1.82, 2.24) is 35.7 Å². The van der Waals surface area contributed by atoms with Gasteiger partial charge in [-0.2, -0.15) is 4.98 Å². The van der Waals surface area contributed by atoms with Crippen molar-refractivity contribution in [3.05, 3.63) is 65.3 Å². The van der Waals surface area contributed by atoms with Crippen LogP contribution in [-0.2, 0) is 5.41 Å². The highest BCUT2D eigenvalue weighted by atomic mass is 19.1. The number of hydrogen-bond acceptors (Lipinski definition) is 8. The minimum absolute atomic E-state index is 0.0562. The summed E-state index contributed by atoms with van der Waals surface area (Å²) in [6, 6.07) is 9.01. The van der Waals surface area contributed by atoms with Gasteiger partial charge in [-0.25, -0.2) is 14.4 Å². The standard InChI is InChI=1S/C30H33FN8O2/c1-16-12-21(22(31)14-20(16)17(2)35-28(40)27-37-29(41-38-27)30(3,4)5)25-24-19-7-6-18(39-10-8-32-9-11-39)13-23(19)36-26(24)34-15-33-25/h6-7,12-15,17,32H,8-11H2,1-5H3,(H,35,40)(H,33,34,36)/t17-/m1/s1. The van der Waals surface area contributed by atoms with Crippen LogP contribution in [0.25, 0.3) is 33.2 Å². The zero-order valence-electron chi connectivity index (χ0n) is 23.8. The third-order valence-electron chi connectivity index (χ3n) is 7.55. The molecule has 212 valence electrons. The second kappa shape index (κ2) is 10.2. The first kappa shape index (κ1) is 26.8. The van der Waals surface area contributed by atoms with E-state index in [9.17, 15) is 4.79 Å². The van der Waals surface area contributed by atoms with Crippen molar-refractivity contribution in [2.45, 2.75) is 46.1 Å². The lowest BCUT2D eigenvalue weighted by Gasteiger charge is -2.29. The lowest BCUT2D eigenvalue weighted by molar-refractivity contribution is 0.0926. The van der Waals surface area contributed by atoms with Crippen molar-refractivity contribution < 1.29 is 13.7 Å². The van der Waals surface area contributed by atoms with Gasteiger partial charge in [-0.15, -0.1) is 0 Å². The highest BCUT2D eigenvalue weighted by Crippen LogP contribution is 2.36. The summed E-state index contributed by atoms with van der Waals surface area (Å²) >= 11 is 0. The van der Waals surface area contributed by atoms with Crippen LogP contribution in [0.15, 0.2) is 41.2 Å². The van der Waals surface area contributed by atoms with Gasteiger partial charge < -0.3 is 25.0 Å². The van der Waals surface area contributed by atoms with E-state index in [1.165, 1.54) is 12.4 Å². The maximum Gasteiger partial charge on any atom is 0.293 e. The van der Waals surface area contributed by atoms with Gasteiger partial charge >= 0.3 is 0 Å². The van der Waals surface area contributed by atoms with E-state index in [1.54, 1.807) is 13.0 Å². The Hall–Kier alpha value is -4.38. The van der Waals surface area contributed by atoms with Crippen molar-refractivity contribution in [2.75, 3.05) is 31.1 Å². The Morgan fingerprint density at radius 3 is 2.66 bits per heavy atom. The summed E-state index contributed by atoms with van der Waals surface area (Å²) in [7, 11) is 0. The predicted molar refractivity (Wildman–Crippen MR) is 155 cm³/mol. The average molecular weight is 557 g/mol. The van der Waals surface area contributed by atoms with Crippen molar-refractivity contribution in [1.29, 1.82) is 0 Å². The zero-order valence-corrected chi connectivity index (χ0v) is 23.8. The monoisotopic (exact) mass is 556 g/mol. The number of halogens is 1. The number of benzene rings is 2. The van der Waals surface area contributed by atoms with Crippen LogP contribution < -0.4 is 15.5 Å². The number of H-pyrrole nitrogens is 1. The number of piperazine rings is 1. The van der Waals surface area contributed by atoms with Gasteiger partial charge in [-0.1, -0.05) is 32.0 Å². The van der Waals surface area contributed by atoms with E-state index < -0.39 is 17.8 Å². The molecule has 1 aliphatic heterocycles. The van der Waals surface area contributed by atoms with E-state index in [-0.39, 0.29) is 11.2 Å². The molecule has 41 heavy (non-hydrogen) atoms. The van der Waals surface area contributed by atoms with Crippen molar-refractivity contribution in [3.63, 3.8) is 0 Å². The molecular weight excluding hydrogens is 523 g/mol. The minimum atomic E-state index is -0.496. The number of carbonyl (C=O) groups is 1. The zero-order chi connectivity index (χ0) is 28.9. The van der Waals surface area contributed by atoms with Gasteiger partial charge in [0.05, 0.1) is 17.1 Å². The number of carbonyl (C=O) groups excluding carboxylic acids is 1. The van der Waals surface area contributed by atoms with Crippen LogP contribution in [0.1, 0.15) is 61.4 Å². The second-order valence-corrected chi connectivity index (χ2v) is 11.6. The Balaban J connectivity index is 1.31. The summed E-state index contributed by atoms with van der Waals surface area (Å²) in [5, 5.41) is 11.8. The summed E-state index contributed by atoms with van der Waals surface area (Å²) in [4.78, 5) is 31.7. The van der Waals surface area contributed by atoms with Gasteiger partial charge in [-0.05, 0) is 49.2 Å². The largest absolute Gasteiger partial charge is 0.369 e. The molecule has 0 aliphatic carbocycles. The lowest BCUT2D eigenvalue weighted by atomic mass is 9.96. The molecular formula is C30H33FN8O2. The SMILES string of the molecule is Cc1cc(-c2ncnc3[nH]c4cc(N5CCNCC5)ccc4c23)c(F)cc1[C@@H](C)NC(=O)c1noc(C(C)(C)C)n1. The van der Waals surface area contributed by atoms with Crippen LogP contribution >= 0.6 is 0 Å². The van der Waals surface area contributed by atoms with E-state index in [4.69, 9.17) is 4.52 Å². The molecule has 3 aromatic heterocycles. The highest BCUT2D eigenvalue weighted by Gasteiger charge is 2.26. The number of fused-ring (bicyclic) bond motifs is 3. The van der Waals surface area contributed by atoms with Gasteiger partial charge in [0.15, 0.2) is 0 Å². The molecule has 1 amide bonds. The van der Waals surface area contributed by atoms with Crippen molar-refractivity contribution >= 4 is 33.5 Å². The van der Waals surface area contributed by atoms with Crippen LogP contribution in [0, 0.1) is 12.7 Å². The molecule has 0 radical (unpaired) electrons. The second-order valence-electron chi connectivity index (χ2n) is 11.6. The fourth-order valence-electron chi connectivity index (χ4n) is 5.34. The number of aryl methyl sites for hydroxylation is 1. The molecule has 2 aromatic carbocycles. The number of aromatic amines is 1. The molecule has 11 heteroatoms. The molecule has 1 saturated heterocycles. The Labute approximate surface area is 236 Å². The maximum atomic E-state index is 15.8. The molecule has 10 nitrogen and oxygen atoms in total. The van der Waals surface area contributed by atoms with Crippen LogP contribution in [0.3, 0.4) is 0 Å². The molecule has 1 atom stereocenters. The van der Waals surface area contributed by atoms with E-state index >= 15 is 4.39 Å². The first-order chi connectivity index (χ1) is 19.6. The number of nitrogens with zero attached hydrogens (tertiary/aromatic N) is 5. The fraction of sp³-hybridized carbons (Fsp3) is 0.367. The summed E-state index contributed by atoms with van der Waals surface area (Å²) in [6.45, 7) is 13.2. The molecule has 3 N–H and O–H groups in total. The predicted octanol–water partition coefficient (Wildman–Crippen LogP) is 4.81. The average Bonchev–Trinajstić information content (AvgIpc) is 3.60. The summed E-state index contributed by atoms with van der Waals surface area (Å²) in [6.07, 6.45) is 1.45. The Morgan fingerprint density at radius 2 is 1.93 bits per heavy atom. The summed E-state index contributed by atoms with van der Waals surface area (Å²) in [5.41, 5.74) is 4.68. The Bertz CT molecular complexity index is 1760. The van der Waals surface area contributed by atoms with Crippen LogP contribution in [0.2, 0.25) is 0 Å². The maximum absolute atomic E-state index is 15.8. The fourth-order valence-corrected chi connectivity index (χ4v) is 5.34. The normalized spacial score (nSPS) is 15.0. The number of aromatic nitrogens is 5. The van der Waals surface area contributed by atoms with E-state index in [1.807, 2.05) is 27.7 Å². The molecule has 5 aromatic rings. The molecule has 4 heterocycles. The number of amides is 1. The lowest BCUT2D eigenvalue weighted by Crippen LogP contribution is -2.43. The quantitative estimate of drug-likeness (QED) is 0.282. The van der Waals surface area contributed by atoms with Gasteiger partial charge in [0.2, 0.25) is 5.89 Å². The molecule has 0 saturated carbocycles. The highest BCUT2D eigenvalue weighted by molar-refractivity contribution is 6.12. The smallest absolute Gasteiger partial charge is 0.293 e. The van der Waals surface area contributed by atoms with Crippen molar-refractivity contribution in [3.8, 4) is 11.3 Å². The first-order valence-electron chi connectivity index (χ1n) is 13.8. The number of anilines is 1. The molecule has 0 unspecified atom stereocenters. The molecule has 6 rings (SSSR count). The van der Waals surface area contributed by atoms with E-state index in [2.05, 4.69) is 58.8 Å². The topological polar surface area (TPSA) is 125 Å². The van der Waals surface area contributed by atoms with Gasteiger partial charge in [0.1, 0.15) is 17.8 Å².